The van der Waals surface area contributed by atoms with E-state index in [1.165, 1.54) is 6.26 Å². The summed E-state index contributed by atoms with van der Waals surface area (Å²) >= 11 is 0. The van der Waals surface area contributed by atoms with E-state index in [1.807, 2.05) is 0 Å². The maximum Gasteiger partial charge on any atom is 0.211 e. The summed E-state index contributed by atoms with van der Waals surface area (Å²) in [6.07, 6.45) is 5.78. The predicted octanol–water partition coefficient (Wildman–Crippen LogP) is 1.02. The van der Waals surface area contributed by atoms with Gasteiger partial charge in [0.2, 0.25) is 10.0 Å². The molecule has 0 aliphatic carbocycles. The third-order valence-electron chi connectivity index (χ3n) is 4.05. The van der Waals surface area contributed by atoms with Crippen LogP contribution in [0.2, 0.25) is 0 Å². The zero-order valence-corrected chi connectivity index (χ0v) is 12.3. The smallest absolute Gasteiger partial charge is 0.211 e. The first kappa shape index (κ1) is 15.0. The van der Waals surface area contributed by atoms with Gasteiger partial charge >= 0.3 is 0 Å². The molecule has 0 N–H and O–H groups in total. The minimum absolute atomic E-state index is 0.115. The highest BCUT2D eigenvalue weighted by molar-refractivity contribution is 7.88. The van der Waals surface area contributed by atoms with E-state index in [2.05, 4.69) is 6.58 Å². The number of rotatable bonds is 5. The number of hydrogen-bond donors (Lipinski definition) is 0. The van der Waals surface area contributed by atoms with Gasteiger partial charge in [-0.25, -0.2) is 12.7 Å². The lowest BCUT2D eigenvalue weighted by atomic mass is 9.73. The van der Waals surface area contributed by atoms with Crippen molar-refractivity contribution in [3.8, 4) is 0 Å². The SMILES string of the molecule is C=CCOCC12CCCOC1CCN(S(C)(=O)=O)C2. The molecule has 19 heavy (non-hydrogen) atoms. The first-order chi connectivity index (χ1) is 8.98. The van der Waals surface area contributed by atoms with Crippen molar-refractivity contribution in [2.24, 2.45) is 5.41 Å². The molecule has 0 aromatic rings. The summed E-state index contributed by atoms with van der Waals surface area (Å²) < 4.78 is 36.6. The molecule has 0 saturated carbocycles. The fourth-order valence-electron chi connectivity index (χ4n) is 3.09. The molecule has 2 fully saturated rings. The summed E-state index contributed by atoms with van der Waals surface area (Å²) in [5.74, 6) is 0. The molecule has 2 rings (SSSR count). The zero-order valence-electron chi connectivity index (χ0n) is 11.5. The number of fused-ring (bicyclic) bond motifs is 1. The fourth-order valence-corrected chi connectivity index (χ4v) is 4.02. The quantitative estimate of drug-likeness (QED) is 0.560. The van der Waals surface area contributed by atoms with E-state index in [0.717, 1.165) is 25.9 Å². The summed E-state index contributed by atoms with van der Waals surface area (Å²) in [4.78, 5) is 0. The molecule has 0 aromatic heterocycles. The highest BCUT2D eigenvalue weighted by Crippen LogP contribution is 2.41. The highest BCUT2D eigenvalue weighted by Gasteiger charge is 2.47. The Morgan fingerprint density at radius 3 is 3.05 bits per heavy atom. The number of piperidine rings is 1. The Morgan fingerprint density at radius 2 is 2.37 bits per heavy atom. The molecule has 2 atom stereocenters. The van der Waals surface area contributed by atoms with Crippen LogP contribution < -0.4 is 0 Å². The average Bonchev–Trinajstić information content (AvgIpc) is 2.37. The molecule has 0 bridgehead atoms. The first-order valence-electron chi connectivity index (χ1n) is 6.73. The molecule has 0 amide bonds. The first-order valence-corrected chi connectivity index (χ1v) is 8.58. The second-order valence-electron chi connectivity index (χ2n) is 5.51. The minimum Gasteiger partial charge on any atom is -0.377 e. The van der Waals surface area contributed by atoms with Crippen molar-refractivity contribution in [3.05, 3.63) is 12.7 Å². The summed E-state index contributed by atoms with van der Waals surface area (Å²) in [5.41, 5.74) is -0.192. The third-order valence-corrected chi connectivity index (χ3v) is 5.30. The Balaban J connectivity index is 2.13. The van der Waals surface area contributed by atoms with Crippen molar-refractivity contribution in [1.82, 2.24) is 4.31 Å². The van der Waals surface area contributed by atoms with Crippen LogP contribution >= 0.6 is 0 Å². The molecule has 2 aliphatic heterocycles. The molecule has 0 spiro atoms. The maximum atomic E-state index is 11.8. The number of ether oxygens (including phenoxy) is 2. The third kappa shape index (κ3) is 3.37. The van der Waals surface area contributed by atoms with Gasteiger partial charge in [-0.3, -0.25) is 0 Å². The van der Waals surface area contributed by atoms with Gasteiger partial charge in [-0.15, -0.1) is 6.58 Å². The lowest BCUT2D eigenvalue weighted by Gasteiger charge is -2.49. The average molecular weight is 289 g/mol. The molecular formula is C13H23NO4S. The van der Waals surface area contributed by atoms with E-state index in [-0.39, 0.29) is 11.5 Å². The van der Waals surface area contributed by atoms with Gasteiger partial charge in [0, 0.05) is 25.1 Å². The van der Waals surface area contributed by atoms with Gasteiger partial charge < -0.3 is 9.47 Å². The van der Waals surface area contributed by atoms with Crippen LogP contribution in [0.15, 0.2) is 12.7 Å². The van der Waals surface area contributed by atoms with Crippen LogP contribution in [0.1, 0.15) is 19.3 Å². The molecule has 0 aromatic carbocycles. The molecular weight excluding hydrogens is 266 g/mol. The number of sulfonamides is 1. The van der Waals surface area contributed by atoms with Crippen LogP contribution in [-0.2, 0) is 19.5 Å². The topological polar surface area (TPSA) is 55.8 Å². The Hall–Kier alpha value is -0.430. The van der Waals surface area contributed by atoms with E-state index in [1.54, 1.807) is 10.4 Å². The van der Waals surface area contributed by atoms with Crippen LogP contribution in [0.5, 0.6) is 0 Å². The van der Waals surface area contributed by atoms with E-state index in [0.29, 0.717) is 26.3 Å². The minimum atomic E-state index is -3.14. The van der Waals surface area contributed by atoms with Crippen LogP contribution in [0.25, 0.3) is 0 Å². The Bertz CT molecular complexity index is 422. The largest absolute Gasteiger partial charge is 0.377 e. The van der Waals surface area contributed by atoms with Crippen molar-refractivity contribution >= 4 is 10.0 Å². The van der Waals surface area contributed by atoms with Crippen LogP contribution in [0.4, 0.5) is 0 Å². The molecule has 110 valence electrons. The standard InChI is InChI=1S/C13H23NO4S/c1-3-8-17-11-13-6-4-9-18-12(13)5-7-14(10-13)19(2,15)16/h3,12H,1,4-11H2,2H3. The maximum absolute atomic E-state index is 11.8. The molecule has 2 saturated heterocycles. The predicted molar refractivity (Wildman–Crippen MR) is 73.5 cm³/mol. The zero-order chi connectivity index (χ0) is 13.9. The van der Waals surface area contributed by atoms with Gasteiger partial charge in [-0.1, -0.05) is 6.08 Å². The van der Waals surface area contributed by atoms with Crippen molar-refractivity contribution in [3.63, 3.8) is 0 Å². The van der Waals surface area contributed by atoms with Crippen LogP contribution in [-0.4, -0.2) is 58.0 Å². The van der Waals surface area contributed by atoms with Crippen LogP contribution in [0, 0.1) is 5.41 Å². The van der Waals surface area contributed by atoms with Crippen molar-refractivity contribution in [1.29, 1.82) is 0 Å². The molecule has 0 radical (unpaired) electrons. The van der Waals surface area contributed by atoms with Gasteiger partial charge in [0.15, 0.2) is 0 Å². The molecule has 5 nitrogen and oxygen atoms in total. The van der Waals surface area contributed by atoms with Crippen molar-refractivity contribution in [2.45, 2.75) is 25.4 Å². The van der Waals surface area contributed by atoms with Gasteiger partial charge in [-0.05, 0) is 19.3 Å². The van der Waals surface area contributed by atoms with Gasteiger partial charge in [-0.2, -0.15) is 0 Å². The van der Waals surface area contributed by atoms with Gasteiger partial charge in [0.25, 0.3) is 0 Å². The highest BCUT2D eigenvalue weighted by atomic mass is 32.2. The summed E-state index contributed by atoms with van der Waals surface area (Å²) in [7, 11) is -3.14. The van der Waals surface area contributed by atoms with Gasteiger partial charge in [0.05, 0.1) is 25.6 Å². The fraction of sp³-hybridized carbons (Fsp3) is 0.846. The van der Waals surface area contributed by atoms with E-state index in [4.69, 9.17) is 9.47 Å². The summed E-state index contributed by atoms with van der Waals surface area (Å²) in [6, 6.07) is 0. The monoisotopic (exact) mass is 289 g/mol. The van der Waals surface area contributed by atoms with E-state index < -0.39 is 10.0 Å². The lowest BCUT2D eigenvalue weighted by molar-refractivity contribution is -0.140. The van der Waals surface area contributed by atoms with Crippen LogP contribution in [0.3, 0.4) is 0 Å². The second-order valence-corrected chi connectivity index (χ2v) is 7.50. The number of nitrogens with zero attached hydrogens (tertiary/aromatic N) is 1. The van der Waals surface area contributed by atoms with E-state index >= 15 is 0 Å². The normalized spacial score (nSPS) is 32.8. The molecule has 6 heteroatoms. The van der Waals surface area contributed by atoms with Crippen molar-refractivity contribution in [2.75, 3.05) is 39.2 Å². The molecule has 2 unspecified atom stereocenters. The lowest BCUT2D eigenvalue weighted by Crippen LogP contribution is -2.57. The van der Waals surface area contributed by atoms with Crippen molar-refractivity contribution < 1.29 is 17.9 Å². The summed E-state index contributed by atoms with van der Waals surface area (Å²) in [5, 5.41) is 0. The number of hydrogen-bond acceptors (Lipinski definition) is 4. The van der Waals surface area contributed by atoms with E-state index in [9.17, 15) is 8.42 Å². The molecule has 2 heterocycles. The Morgan fingerprint density at radius 1 is 1.58 bits per heavy atom. The second kappa shape index (κ2) is 5.91. The Kier molecular flexibility index (Phi) is 4.66. The van der Waals surface area contributed by atoms with Gasteiger partial charge in [0.1, 0.15) is 0 Å². The molecule has 2 aliphatic rings. The Labute approximate surface area is 115 Å². The summed E-state index contributed by atoms with van der Waals surface area (Å²) in [6.45, 7) is 6.49.